The lowest BCUT2D eigenvalue weighted by molar-refractivity contribution is -0.949. The molecule has 4 heterocycles. The topological polar surface area (TPSA) is 96.2 Å². The summed E-state index contributed by atoms with van der Waals surface area (Å²) >= 11 is 0. The van der Waals surface area contributed by atoms with Crippen molar-refractivity contribution in [2.75, 3.05) is 27.3 Å². The number of carboxylic acids is 1. The van der Waals surface area contributed by atoms with Crippen LogP contribution in [0.2, 0.25) is 0 Å². The Morgan fingerprint density at radius 3 is 2.61 bits per heavy atom. The monoisotopic (exact) mass is 556 g/mol. The number of fused-ring (bicyclic) bond motifs is 5. The number of carboxylic acid groups (broad SMARTS) is 1. The first-order valence-corrected chi connectivity index (χ1v) is 14.5. The number of quaternary nitrogens is 1. The molecule has 6 atom stereocenters. The van der Waals surface area contributed by atoms with Crippen LogP contribution in [-0.4, -0.2) is 49.4 Å². The molecule has 41 heavy (non-hydrogen) atoms. The molecule has 3 aliphatic heterocycles. The van der Waals surface area contributed by atoms with Gasteiger partial charge in [0.05, 0.1) is 32.8 Å². The van der Waals surface area contributed by atoms with Crippen molar-refractivity contribution >= 4 is 22.4 Å². The van der Waals surface area contributed by atoms with Crippen LogP contribution >= 0.6 is 0 Å². The Morgan fingerprint density at radius 1 is 1.20 bits per heavy atom. The van der Waals surface area contributed by atoms with Crippen molar-refractivity contribution < 1.29 is 29.4 Å². The second-order valence-corrected chi connectivity index (χ2v) is 11.3. The largest absolute Gasteiger partial charge is 0.549 e. The highest BCUT2D eigenvalue weighted by Gasteiger charge is 2.45. The average molecular weight is 557 g/mol. The molecule has 216 valence electrons. The molecule has 1 aliphatic carbocycles. The Kier molecular flexibility index (Phi) is 8.76. The van der Waals surface area contributed by atoms with Gasteiger partial charge in [-0.15, -0.1) is 6.58 Å². The van der Waals surface area contributed by atoms with E-state index in [-0.39, 0.29) is 6.04 Å². The highest BCUT2D eigenvalue weighted by atomic mass is 16.5. The molecule has 2 N–H and O–H groups in total. The summed E-state index contributed by atoms with van der Waals surface area (Å²) in [6.45, 7) is 8.11. The normalized spacial score (nSPS) is 24.0. The summed E-state index contributed by atoms with van der Waals surface area (Å²) in [4.78, 5) is 17.0. The molecule has 3 saturated heterocycles. The van der Waals surface area contributed by atoms with Gasteiger partial charge in [-0.1, -0.05) is 25.1 Å². The van der Waals surface area contributed by atoms with E-state index in [2.05, 4.69) is 17.6 Å². The van der Waals surface area contributed by atoms with Crippen LogP contribution < -0.4 is 19.5 Å². The van der Waals surface area contributed by atoms with Crippen molar-refractivity contribution in [2.45, 2.75) is 44.8 Å². The van der Waals surface area contributed by atoms with Crippen LogP contribution in [0.3, 0.4) is 0 Å². The molecule has 0 radical (unpaired) electrons. The molecule has 0 amide bonds. The maximum atomic E-state index is 11.2. The van der Waals surface area contributed by atoms with Crippen LogP contribution in [0.4, 0.5) is 0 Å². The number of nitrogens with zero attached hydrogens (tertiary/aromatic N) is 1. The minimum atomic E-state index is -0.998. The van der Waals surface area contributed by atoms with Gasteiger partial charge in [0, 0.05) is 42.2 Å². The fourth-order valence-corrected chi connectivity index (χ4v) is 6.98. The van der Waals surface area contributed by atoms with E-state index in [1.165, 1.54) is 11.3 Å². The summed E-state index contributed by atoms with van der Waals surface area (Å²) in [6, 6.07) is 13.8. The fraction of sp³-hybridized carbons (Fsp3) is 0.412. The van der Waals surface area contributed by atoms with Crippen LogP contribution in [0.5, 0.6) is 11.5 Å². The van der Waals surface area contributed by atoms with E-state index in [9.17, 15) is 15.0 Å². The first-order chi connectivity index (χ1) is 19.9. The fourth-order valence-electron chi connectivity index (χ4n) is 6.98. The van der Waals surface area contributed by atoms with Gasteiger partial charge in [0.2, 0.25) is 0 Å². The SMILES string of the molecule is C=C[C@H]1C[NH+]2CC[C@H]1C[C@H]2[C@H](O)c1ccnc2ccc(OC)cc12.CC[C@H](C(=O)[O-])C1=CCc2cc(OC)ccc21. The summed E-state index contributed by atoms with van der Waals surface area (Å²) in [6.07, 6.45) is 9.07. The van der Waals surface area contributed by atoms with Crippen molar-refractivity contribution in [3.63, 3.8) is 0 Å². The molecular formula is C34H40N2O5. The number of allylic oxidation sites excluding steroid dienone is 1. The summed E-state index contributed by atoms with van der Waals surface area (Å²) in [7, 11) is 3.29. The van der Waals surface area contributed by atoms with E-state index in [1.807, 2.05) is 55.5 Å². The maximum absolute atomic E-state index is 11.2. The zero-order valence-electron chi connectivity index (χ0n) is 24.1. The number of hydrogen-bond donors (Lipinski definition) is 2. The number of piperidine rings is 3. The number of rotatable bonds is 8. The van der Waals surface area contributed by atoms with Gasteiger partial charge in [-0.2, -0.15) is 0 Å². The van der Waals surface area contributed by atoms with Gasteiger partial charge in [0.1, 0.15) is 23.6 Å². The van der Waals surface area contributed by atoms with E-state index in [4.69, 9.17) is 9.47 Å². The standard InChI is InChI=1S/C20H24N2O2.C14H16O3/c1-3-13-12-22-9-7-14(13)10-19(22)20(23)16-6-8-21-18-5-4-15(24-2)11-17(16)18;1-3-11(14(15)16)13-6-4-9-8-10(17-2)5-7-12(9)13/h3-6,8,11,13-14,19-20,23H,1,7,9-10,12H2,2H3;5-8,11H,3-4H2,1-2H3,(H,15,16)/t13-,14-,19-,20+;11-/m00/s1. The highest BCUT2D eigenvalue weighted by Crippen LogP contribution is 2.37. The summed E-state index contributed by atoms with van der Waals surface area (Å²) in [5.41, 5.74) is 4.90. The maximum Gasteiger partial charge on any atom is 0.131 e. The zero-order valence-corrected chi connectivity index (χ0v) is 24.1. The molecule has 7 nitrogen and oxygen atoms in total. The first kappa shape index (κ1) is 28.8. The van der Waals surface area contributed by atoms with Gasteiger partial charge in [-0.05, 0) is 77.4 Å². The van der Waals surface area contributed by atoms with Crippen LogP contribution in [0.15, 0.2) is 67.4 Å². The Bertz CT molecular complexity index is 1450. The average Bonchev–Trinajstić information content (AvgIpc) is 3.43. The van der Waals surface area contributed by atoms with Crippen LogP contribution in [0, 0.1) is 17.8 Å². The van der Waals surface area contributed by atoms with Gasteiger partial charge in [-0.3, -0.25) is 4.98 Å². The molecule has 3 fully saturated rings. The summed E-state index contributed by atoms with van der Waals surface area (Å²) in [5.74, 6) is 1.37. The Balaban J connectivity index is 0.000000175. The van der Waals surface area contributed by atoms with E-state index >= 15 is 0 Å². The number of hydrogen-bond acceptors (Lipinski definition) is 6. The van der Waals surface area contributed by atoms with Gasteiger partial charge >= 0.3 is 0 Å². The Hall–Kier alpha value is -3.68. The van der Waals surface area contributed by atoms with Gasteiger partial charge in [0.15, 0.2) is 0 Å². The van der Waals surface area contributed by atoms with Crippen LogP contribution in [0.25, 0.3) is 16.5 Å². The lowest BCUT2D eigenvalue weighted by atomic mass is 9.73. The number of aliphatic hydroxyl groups excluding tert-OH is 1. The molecule has 0 spiro atoms. The number of aliphatic hydroxyl groups is 1. The van der Waals surface area contributed by atoms with Crippen molar-refractivity contribution in [3.05, 3.63) is 84.1 Å². The molecular weight excluding hydrogens is 516 g/mol. The van der Waals surface area contributed by atoms with E-state index in [0.717, 1.165) is 70.6 Å². The van der Waals surface area contributed by atoms with E-state index in [1.54, 1.807) is 20.4 Å². The molecule has 7 rings (SSSR count). The number of aliphatic carboxylic acids is 1. The number of methoxy groups -OCH3 is 2. The smallest absolute Gasteiger partial charge is 0.131 e. The lowest BCUT2D eigenvalue weighted by Crippen LogP contribution is -3.20. The molecule has 7 heteroatoms. The van der Waals surface area contributed by atoms with Crippen molar-refractivity contribution in [1.82, 2.24) is 4.98 Å². The summed E-state index contributed by atoms with van der Waals surface area (Å²) < 4.78 is 10.5. The van der Waals surface area contributed by atoms with Gasteiger partial charge in [-0.25, -0.2) is 0 Å². The number of carbonyl (C=O) groups excluding carboxylic acids is 1. The third-order valence-corrected chi connectivity index (χ3v) is 9.24. The Morgan fingerprint density at radius 2 is 1.95 bits per heavy atom. The van der Waals surface area contributed by atoms with Gasteiger partial charge < -0.3 is 29.4 Å². The number of ether oxygens (including phenoxy) is 2. The number of nitrogens with one attached hydrogen (secondary N) is 1. The number of carbonyl (C=O) groups is 1. The molecule has 1 unspecified atom stereocenters. The zero-order chi connectivity index (χ0) is 29.1. The lowest BCUT2D eigenvalue weighted by Gasteiger charge is -2.47. The van der Waals surface area contributed by atoms with E-state index < -0.39 is 18.0 Å². The molecule has 3 aromatic rings. The minimum Gasteiger partial charge on any atom is -0.549 e. The van der Waals surface area contributed by atoms with Crippen LogP contribution in [0.1, 0.15) is 49.0 Å². The third-order valence-electron chi connectivity index (χ3n) is 9.24. The molecule has 0 saturated carbocycles. The third kappa shape index (κ3) is 5.74. The molecule has 4 aliphatic rings. The van der Waals surface area contributed by atoms with Crippen molar-refractivity contribution in [2.24, 2.45) is 17.8 Å². The number of pyridine rings is 1. The number of aromatic nitrogens is 1. The number of benzene rings is 2. The van der Waals surface area contributed by atoms with Gasteiger partial charge in [0.25, 0.3) is 0 Å². The predicted molar refractivity (Wildman–Crippen MR) is 158 cm³/mol. The summed E-state index contributed by atoms with van der Waals surface area (Å²) in [5, 5.41) is 23.2. The molecule has 2 bridgehead atoms. The van der Waals surface area contributed by atoms with Crippen molar-refractivity contribution in [1.29, 1.82) is 0 Å². The quantitative estimate of drug-likeness (QED) is 0.414. The Labute approximate surface area is 242 Å². The second kappa shape index (κ2) is 12.5. The first-order valence-electron chi connectivity index (χ1n) is 14.5. The van der Waals surface area contributed by atoms with Crippen molar-refractivity contribution in [3.8, 4) is 11.5 Å². The van der Waals surface area contributed by atoms with Crippen LogP contribution in [-0.2, 0) is 11.2 Å². The molecule has 1 aromatic heterocycles. The second-order valence-electron chi connectivity index (χ2n) is 11.3. The van der Waals surface area contributed by atoms with E-state index in [0.29, 0.717) is 18.3 Å². The highest BCUT2D eigenvalue weighted by molar-refractivity contribution is 5.89. The predicted octanol–water partition coefficient (Wildman–Crippen LogP) is 3.17. The molecule has 2 aromatic carbocycles. The minimum absolute atomic E-state index is 0.261.